The van der Waals surface area contributed by atoms with Gasteiger partial charge in [0.1, 0.15) is 11.6 Å². The van der Waals surface area contributed by atoms with Gasteiger partial charge in [0.2, 0.25) is 0 Å². The van der Waals surface area contributed by atoms with E-state index in [9.17, 15) is 8.78 Å². The summed E-state index contributed by atoms with van der Waals surface area (Å²) in [6, 6.07) is 3.79. The molecule has 1 aromatic carbocycles. The van der Waals surface area contributed by atoms with Crippen molar-refractivity contribution in [1.82, 2.24) is 5.32 Å². The predicted octanol–water partition coefficient (Wildman–Crippen LogP) is 4.05. The average Bonchev–Trinajstić information content (AvgIpc) is 3.23. The minimum Gasteiger partial charge on any atom is -0.310 e. The summed E-state index contributed by atoms with van der Waals surface area (Å²) in [5.74, 6) is 1.60. The molecule has 0 saturated heterocycles. The first-order chi connectivity index (χ1) is 9.15. The zero-order valence-electron chi connectivity index (χ0n) is 11.3. The minimum atomic E-state index is -0.512. The molecular weight excluding hydrogens is 244 g/mol. The molecule has 0 amide bonds. The monoisotopic (exact) mass is 265 g/mol. The molecular formula is C16H21F2N. The first kappa shape index (κ1) is 13.0. The van der Waals surface area contributed by atoms with Crippen LogP contribution in [0.15, 0.2) is 18.2 Å². The summed E-state index contributed by atoms with van der Waals surface area (Å²) < 4.78 is 26.6. The van der Waals surface area contributed by atoms with E-state index in [1.54, 1.807) is 6.07 Å². The zero-order chi connectivity index (χ0) is 13.4. The Morgan fingerprint density at radius 2 is 1.79 bits per heavy atom. The van der Waals surface area contributed by atoms with Gasteiger partial charge >= 0.3 is 0 Å². The first-order valence-electron chi connectivity index (χ1n) is 7.33. The molecule has 1 unspecified atom stereocenters. The van der Waals surface area contributed by atoms with Crippen LogP contribution in [0, 0.1) is 29.4 Å². The van der Waals surface area contributed by atoms with Gasteiger partial charge in [0.05, 0.1) is 0 Å². The van der Waals surface area contributed by atoms with E-state index in [0.29, 0.717) is 5.56 Å². The lowest BCUT2D eigenvalue weighted by Gasteiger charge is -2.21. The highest BCUT2D eigenvalue weighted by atomic mass is 19.1. The summed E-state index contributed by atoms with van der Waals surface area (Å²) in [6.45, 7) is 2.92. The highest BCUT2D eigenvalue weighted by Crippen LogP contribution is 2.49. The molecule has 3 heteroatoms. The molecule has 0 radical (unpaired) electrons. The third kappa shape index (κ3) is 3.14. The third-order valence-electron chi connectivity index (χ3n) is 4.54. The van der Waals surface area contributed by atoms with Crippen LogP contribution in [-0.2, 0) is 0 Å². The second-order valence-corrected chi connectivity index (χ2v) is 6.13. The van der Waals surface area contributed by atoms with Crippen molar-refractivity contribution in [2.75, 3.05) is 6.54 Å². The Labute approximate surface area is 113 Å². The standard InChI is InChI=1S/C16H21F2N/c1-10(14-7-6-13(17)8-16(14)18)19-9-15(11-2-3-11)12-4-5-12/h6-8,10-12,15,19H,2-5,9H2,1H3. The number of benzene rings is 1. The molecule has 0 aliphatic heterocycles. The largest absolute Gasteiger partial charge is 0.310 e. The lowest BCUT2D eigenvalue weighted by molar-refractivity contribution is 0.359. The Balaban J connectivity index is 1.59. The highest BCUT2D eigenvalue weighted by Gasteiger charge is 2.41. The van der Waals surface area contributed by atoms with E-state index >= 15 is 0 Å². The van der Waals surface area contributed by atoms with Gasteiger partial charge in [0.15, 0.2) is 0 Å². The Bertz CT molecular complexity index is 440. The Morgan fingerprint density at radius 1 is 1.16 bits per heavy atom. The van der Waals surface area contributed by atoms with Gasteiger partial charge in [-0.1, -0.05) is 6.07 Å². The molecule has 1 atom stereocenters. The summed E-state index contributed by atoms with van der Waals surface area (Å²) in [6.07, 6.45) is 5.45. The van der Waals surface area contributed by atoms with E-state index in [4.69, 9.17) is 0 Å². The fraction of sp³-hybridized carbons (Fsp3) is 0.625. The van der Waals surface area contributed by atoms with Crippen LogP contribution in [0.3, 0.4) is 0 Å². The number of halogens is 2. The van der Waals surface area contributed by atoms with Gasteiger partial charge in [-0.2, -0.15) is 0 Å². The van der Waals surface area contributed by atoms with Gasteiger partial charge in [0.25, 0.3) is 0 Å². The van der Waals surface area contributed by atoms with Gasteiger partial charge < -0.3 is 5.32 Å². The van der Waals surface area contributed by atoms with Crippen molar-refractivity contribution in [3.8, 4) is 0 Å². The highest BCUT2D eigenvalue weighted by molar-refractivity contribution is 5.21. The van der Waals surface area contributed by atoms with Gasteiger partial charge in [-0.15, -0.1) is 0 Å². The quantitative estimate of drug-likeness (QED) is 0.818. The summed E-state index contributed by atoms with van der Waals surface area (Å²) in [7, 11) is 0. The van der Waals surface area contributed by atoms with E-state index in [2.05, 4.69) is 5.32 Å². The molecule has 0 spiro atoms. The van der Waals surface area contributed by atoms with Crippen LogP contribution in [0.1, 0.15) is 44.2 Å². The van der Waals surface area contributed by atoms with Crippen molar-refractivity contribution in [3.63, 3.8) is 0 Å². The van der Waals surface area contributed by atoms with E-state index in [1.807, 2.05) is 6.92 Å². The number of hydrogen-bond acceptors (Lipinski definition) is 1. The predicted molar refractivity (Wildman–Crippen MR) is 71.7 cm³/mol. The minimum absolute atomic E-state index is 0.0550. The summed E-state index contributed by atoms with van der Waals surface area (Å²) in [4.78, 5) is 0. The van der Waals surface area contributed by atoms with Crippen molar-refractivity contribution in [2.45, 2.75) is 38.6 Å². The van der Waals surface area contributed by atoms with E-state index in [-0.39, 0.29) is 6.04 Å². The average molecular weight is 265 g/mol. The smallest absolute Gasteiger partial charge is 0.130 e. The molecule has 0 heterocycles. The molecule has 2 aliphatic rings. The van der Waals surface area contributed by atoms with Gasteiger partial charge in [0, 0.05) is 17.7 Å². The molecule has 1 aromatic rings. The fourth-order valence-corrected chi connectivity index (χ4v) is 3.04. The van der Waals surface area contributed by atoms with E-state index < -0.39 is 11.6 Å². The first-order valence-corrected chi connectivity index (χ1v) is 7.33. The maximum absolute atomic E-state index is 13.7. The van der Waals surface area contributed by atoms with Crippen molar-refractivity contribution in [3.05, 3.63) is 35.4 Å². The maximum Gasteiger partial charge on any atom is 0.130 e. The number of nitrogens with one attached hydrogen (secondary N) is 1. The van der Waals surface area contributed by atoms with Crippen LogP contribution >= 0.6 is 0 Å². The summed E-state index contributed by atoms with van der Waals surface area (Å²) in [5, 5.41) is 3.44. The SMILES string of the molecule is CC(NCC(C1CC1)C1CC1)c1ccc(F)cc1F. The molecule has 0 aromatic heterocycles. The van der Waals surface area contributed by atoms with Crippen molar-refractivity contribution in [1.29, 1.82) is 0 Å². The van der Waals surface area contributed by atoms with Crippen molar-refractivity contribution >= 4 is 0 Å². The summed E-state index contributed by atoms with van der Waals surface area (Å²) >= 11 is 0. The summed E-state index contributed by atoms with van der Waals surface area (Å²) in [5.41, 5.74) is 0.562. The van der Waals surface area contributed by atoms with Gasteiger partial charge in [-0.3, -0.25) is 0 Å². The third-order valence-corrected chi connectivity index (χ3v) is 4.54. The van der Waals surface area contributed by atoms with E-state index in [0.717, 1.165) is 30.4 Å². The Morgan fingerprint density at radius 3 is 2.32 bits per heavy atom. The molecule has 2 saturated carbocycles. The molecule has 19 heavy (non-hydrogen) atoms. The van der Waals surface area contributed by atoms with Crippen molar-refractivity contribution < 1.29 is 8.78 Å². The van der Waals surface area contributed by atoms with Crippen LogP contribution in [0.25, 0.3) is 0 Å². The molecule has 2 aliphatic carbocycles. The molecule has 1 nitrogen and oxygen atoms in total. The normalized spacial score (nSPS) is 20.8. The van der Waals surface area contributed by atoms with Crippen LogP contribution < -0.4 is 5.32 Å². The Kier molecular flexibility index (Phi) is 3.57. The maximum atomic E-state index is 13.7. The van der Waals surface area contributed by atoms with Gasteiger partial charge in [-0.05, 0) is 63.0 Å². The second kappa shape index (κ2) is 5.20. The van der Waals surface area contributed by atoms with Crippen LogP contribution in [0.5, 0.6) is 0 Å². The van der Waals surface area contributed by atoms with Crippen LogP contribution in [0.2, 0.25) is 0 Å². The Hall–Kier alpha value is -0.960. The fourth-order valence-electron chi connectivity index (χ4n) is 3.04. The molecule has 1 N–H and O–H groups in total. The van der Waals surface area contributed by atoms with E-state index in [1.165, 1.54) is 31.7 Å². The topological polar surface area (TPSA) is 12.0 Å². The number of hydrogen-bond donors (Lipinski definition) is 1. The van der Waals surface area contributed by atoms with Crippen LogP contribution in [0.4, 0.5) is 8.78 Å². The molecule has 2 fully saturated rings. The number of rotatable bonds is 6. The molecule has 0 bridgehead atoms. The lowest BCUT2D eigenvalue weighted by atomic mass is 9.97. The second-order valence-electron chi connectivity index (χ2n) is 6.13. The zero-order valence-corrected chi connectivity index (χ0v) is 11.3. The molecule has 3 rings (SSSR count). The van der Waals surface area contributed by atoms with Crippen LogP contribution in [-0.4, -0.2) is 6.54 Å². The molecule has 104 valence electrons. The van der Waals surface area contributed by atoms with Gasteiger partial charge in [-0.25, -0.2) is 8.78 Å². The van der Waals surface area contributed by atoms with Crippen molar-refractivity contribution in [2.24, 2.45) is 17.8 Å². The lowest BCUT2D eigenvalue weighted by Crippen LogP contribution is -2.28.